The average molecular weight is 531 g/mol. The van der Waals surface area contributed by atoms with E-state index in [1.54, 1.807) is 36.4 Å². The first kappa shape index (κ1) is 27.2. The van der Waals surface area contributed by atoms with Crippen molar-refractivity contribution in [3.8, 4) is 0 Å². The molecule has 3 heterocycles. The van der Waals surface area contributed by atoms with Crippen LogP contribution in [0, 0.1) is 0 Å². The van der Waals surface area contributed by atoms with E-state index in [-0.39, 0.29) is 47.0 Å². The SMILES string of the molecule is O=C(NC1CN(S(=O)(=O)[O-])C1=O)C(NC(=O)N1CCN(N=C2C=CSC2)C1=O)c1ccccc1.[Na+]. The molecule has 16 heteroatoms. The molecule has 2 fully saturated rings. The van der Waals surface area contributed by atoms with Crippen LogP contribution in [-0.4, -0.2) is 88.2 Å². The van der Waals surface area contributed by atoms with Crippen molar-refractivity contribution in [2.45, 2.75) is 12.1 Å². The standard InChI is InChI=1S/C19H20N6O7S2.Na/c26-16(20-14-10-25(17(14)27)34(30,31)32)15(12-4-2-1-3-5-12)21-18(28)23-7-8-24(19(23)29)22-13-6-9-33-11-13;/h1-6,9,14-15H,7-8,10-11H2,(H,20,26)(H,21,28)(H,30,31,32);/q;+1/p-1. The van der Waals surface area contributed by atoms with E-state index in [0.29, 0.717) is 17.0 Å². The van der Waals surface area contributed by atoms with Gasteiger partial charge in [0, 0.05) is 5.75 Å². The molecule has 2 unspecified atom stereocenters. The molecule has 2 atom stereocenters. The number of carbonyl (C=O) groups excluding carboxylic acids is 4. The van der Waals surface area contributed by atoms with Crippen LogP contribution in [0.4, 0.5) is 9.59 Å². The summed E-state index contributed by atoms with van der Waals surface area (Å²) in [4.78, 5) is 51.3. The molecule has 0 spiro atoms. The molecule has 0 radical (unpaired) electrons. The summed E-state index contributed by atoms with van der Waals surface area (Å²) in [6.45, 7) is -0.260. The van der Waals surface area contributed by atoms with Crippen LogP contribution in [0.2, 0.25) is 0 Å². The summed E-state index contributed by atoms with van der Waals surface area (Å²) in [5, 5.41) is 12.1. The van der Waals surface area contributed by atoms with Gasteiger partial charge in [-0.05, 0) is 17.0 Å². The molecule has 0 bridgehead atoms. The number of rotatable bonds is 6. The number of hydrazone groups is 1. The summed E-state index contributed by atoms with van der Waals surface area (Å²) in [5.41, 5.74) is 1.06. The molecule has 0 aliphatic carbocycles. The van der Waals surface area contributed by atoms with Crippen molar-refractivity contribution < 1.29 is 61.7 Å². The number of imide groups is 1. The minimum atomic E-state index is -4.96. The van der Waals surface area contributed by atoms with Crippen molar-refractivity contribution in [2.24, 2.45) is 5.10 Å². The van der Waals surface area contributed by atoms with Crippen LogP contribution in [0.25, 0.3) is 0 Å². The Bertz CT molecular complexity index is 1190. The second kappa shape index (κ2) is 11.1. The van der Waals surface area contributed by atoms with E-state index < -0.39 is 52.8 Å². The maximum absolute atomic E-state index is 12.9. The summed E-state index contributed by atoms with van der Waals surface area (Å²) < 4.78 is 33.1. The van der Waals surface area contributed by atoms with Crippen molar-refractivity contribution in [1.29, 1.82) is 0 Å². The molecule has 35 heavy (non-hydrogen) atoms. The maximum Gasteiger partial charge on any atom is 1.00 e. The van der Waals surface area contributed by atoms with Crippen LogP contribution in [0.3, 0.4) is 0 Å². The van der Waals surface area contributed by atoms with Crippen LogP contribution < -0.4 is 40.2 Å². The normalized spacial score (nSPS) is 21.6. The predicted octanol–water partition coefficient (Wildman–Crippen LogP) is -3.42. The van der Waals surface area contributed by atoms with Gasteiger partial charge in [0.25, 0.3) is 5.91 Å². The van der Waals surface area contributed by atoms with Gasteiger partial charge in [-0.25, -0.2) is 32.2 Å². The van der Waals surface area contributed by atoms with Gasteiger partial charge in [-0.3, -0.25) is 9.59 Å². The molecular weight excluding hydrogens is 511 g/mol. The number of benzene rings is 1. The molecule has 13 nitrogen and oxygen atoms in total. The van der Waals surface area contributed by atoms with Gasteiger partial charge in [-0.15, -0.1) is 11.8 Å². The smallest absolute Gasteiger partial charge is 0.731 e. The van der Waals surface area contributed by atoms with E-state index >= 15 is 0 Å². The zero-order valence-electron chi connectivity index (χ0n) is 18.5. The Kier molecular flexibility index (Phi) is 8.61. The van der Waals surface area contributed by atoms with E-state index in [9.17, 15) is 32.1 Å². The molecule has 3 aliphatic heterocycles. The Balaban J connectivity index is 0.00000342. The zero-order chi connectivity index (χ0) is 24.5. The third kappa shape index (κ3) is 6.05. The Morgan fingerprint density at radius 1 is 1.17 bits per heavy atom. The number of amides is 6. The quantitative estimate of drug-likeness (QED) is 0.217. The first-order valence-electron chi connectivity index (χ1n) is 10.0. The van der Waals surface area contributed by atoms with Gasteiger partial charge in [0.1, 0.15) is 12.1 Å². The van der Waals surface area contributed by atoms with Gasteiger partial charge in [0.2, 0.25) is 5.91 Å². The van der Waals surface area contributed by atoms with Gasteiger partial charge in [0.05, 0.1) is 25.3 Å². The van der Waals surface area contributed by atoms with E-state index in [1.165, 1.54) is 16.8 Å². The number of β-lactam (4-membered cyclic amide) rings is 1. The number of allylic oxidation sites excluding steroid dienone is 1. The Morgan fingerprint density at radius 2 is 1.89 bits per heavy atom. The Morgan fingerprint density at radius 3 is 2.49 bits per heavy atom. The third-order valence-corrected chi connectivity index (χ3v) is 6.87. The van der Waals surface area contributed by atoms with Gasteiger partial charge in [-0.1, -0.05) is 30.3 Å². The van der Waals surface area contributed by atoms with E-state index in [0.717, 1.165) is 4.90 Å². The predicted molar refractivity (Wildman–Crippen MR) is 119 cm³/mol. The van der Waals surface area contributed by atoms with Crippen molar-refractivity contribution in [1.82, 2.24) is 24.8 Å². The van der Waals surface area contributed by atoms with Crippen molar-refractivity contribution in [3.63, 3.8) is 0 Å². The largest absolute Gasteiger partial charge is 1.00 e. The van der Waals surface area contributed by atoms with Crippen molar-refractivity contribution in [2.75, 3.05) is 25.4 Å². The summed E-state index contributed by atoms with van der Waals surface area (Å²) in [6, 6.07) is 4.10. The van der Waals surface area contributed by atoms with Gasteiger partial charge >= 0.3 is 41.6 Å². The molecule has 180 valence electrons. The molecule has 0 saturated carbocycles. The van der Waals surface area contributed by atoms with Crippen LogP contribution >= 0.6 is 11.8 Å². The first-order chi connectivity index (χ1) is 16.1. The monoisotopic (exact) mass is 530 g/mol. The zero-order valence-corrected chi connectivity index (χ0v) is 22.1. The minimum Gasteiger partial charge on any atom is -0.731 e. The van der Waals surface area contributed by atoms with E-state index in [4.69, 9.17) is 0 Å². The third-order valence-electron chi connectivity index (χ3n) is 5.21. The summed E-state index contributed by atoms with van der Waals surface area (Å²) in [5.74, 6) is -1.25. The molecule has 4 rings (SSSR count). The molecule has 1 aromatic carbocycles. The number of hydrogen-bond donors (Lipinski definition) is 2. The van der Waals surface area contributed by atoms with Crippen LogP contribution in [-0.2, 0) is 19.9 Å². The summed E-state index contributed by atoms with van der Waals surface area (Å²) in [6.07, 6.45) is 1.78. The number of nitrogens with zero attached hydrogens (tertiary/aromatic N) is 4. The summed E-state index contributed by atoms with van der Waals surface area (Å²) >= 11 is 1.53. The number of thioether (sulfide) groups is 1. The second-order valence-corrected chi connectivity index (χ2v) is 9.63. The number of hydrogen-bond acceptors (Lipinski definition) is 9. The molecule has 6 amide bonds. The van der Waals surface area contributed by atoms with E-state index in [2.05, 4.69) is 15.7 Å². The fourth-order valence-corrected chi connectivity index (χ4v) is 4.79. The Hall–Kier alpha value is -2.43. The fourth-order valence-electron chi connectivity index (χ4n) is 3.44. The minimum absolute atomic E-state index is 0. The second-order valence-electron chi connectivity index (χ2n) is 7.44. The topological polar surface area (TPSA) is 172 Å². The van der Waals surface area contributed by atoms with Gasteiger partial charge < -0.3 is 15.2 Å². The molecule has 0 aromatic heterocycles. The fraction of sp³-hybridized carbons (Fsp3) is 0.316. The van der Waals surface area contributed by atoms with Gasteiger partial charge in [-0.2, -0.15) is 5.10 Å². The van der Waals surface area contributed by atoms with Crippen molar-refractivity contribution >= 4 is 51.7 Å². The van der Waals surface area contributed by atoms with Crippen LogP contribution in [0.15, 0.2) is 46.9 Å². The number of urea groups is 2. The number of carbonyl (C=O) groups is 4. The molecule has 2 saturated heterocycles. The van der Waals surface area contributed by atoms with Gasteiger partial charge in [0.15, 0.2) is 10.3 Å². The first-order valence-corrected chi connectivity index (χ1v) is 12.4. The van der Waals surface area contributed by atoms with Crippen LogP contribution in [0.1, 0.15) is 11.6 Å². The molecule has 3 aliphatic rings. The molecular formula is C19H19N6NaO7S2. The molecule has 1 aromatic rings. The average Bonchev–Trinajstić information content (AvgIpc) is 3.44. The summed E-state index contributed by atoms with van der Waals surface area (Å²) in [7, 11) is -4.96. The number of nitrogens with one attached hydrogen (secondary N) is 2. The van der Waals surface area contributed by atoms with Crippen LogP contribution in [0.5, 0.6) is 0 Å². The van der Waals surface area contributed by atoms with E-state index in [1.807, 2.05) is 5.41 Å². The maximum atomic E-state index is 12.9. The van der Waals surface area contributed by atoms with Crippen molar-refractivity contribution in [3.05, 3.63) is 47.4 Å². The molecule has 2 N–H and O–H groups in total. The Labute approximate surface area is 227 Å².